The van der Waals surface area contributed by atoms with E-state index in [4.69, 9.17) is 4.74 Å². The Morgan fingerprint density at radius 3 is 2.62 bits per heavy atom. The van der Waals surface area contributed by atoms with Crippen molar-refractivity contribution in [3.8, 4) is 0 Å². The molecule has 0 aromatic heterocycles. The second-order valence-corrected chi connectivity index (χ2v) is 6.20. The predicted octanol–water partition coefficient (Wildman–Crippen LogP) is 1.68. The van der Waals surface area contributed by atoms with Crippen LogP contribution in [0.1, 0.15) is 24.0 Å². The Morgan fingerprint density at radius 2 is 1.96 bits per heavy atom. The summed E-state index contributed by atoms with van der Waals surface area (Å²) in [5.74, 6) is 1.49. The van der Waals surface area contributed by atoms with Crippen LogP contribution in [0.25, 0.3) is 0 Å². The number of nitrogens with one attached hydrogen (secondary N) is 1. The number of rotatable bonds is 3. The van der Waals surface area contributed by atoms with Gasteiger partial charge in [0.05, 0.1) is 6.61 Å². The molecule has 24 heavy (non-hydrogen) atoms. The molecule has 1 heterocycles. The smallest absolute Gasteiger partial charge is 0.409 e. The molecule has 1 aliphatic heterocycles. The monoisotopic (exact) mass is 330 g/mol. The first-order valence-corrected chi connectivity index (χ1v) is 8.68. The molecule has 1 aromatic carbocycles. The number of piperazine rings is 1. The van der Waals surface area contributed by atoms with Gasteiger partial charge in [0, 0.05) is 45.7 Å². The number of guanidine groups is 1. The lowest BCUT2D eigenvalue weighted by molar-refractivity contribution is 0.0914. The highest BCUT2D eigenvalue weighted by Crippen LogP contribution is 2.33. The first kappa shape index (κ1) is 16.6. The number of nitrogens with zero attached hydrogens (tertiary/aromatic N) is 3. The molecule has 0 saturated carbocycles. The van der Waals surface area contributed by atoms with Crippen LogP contribution in [-0.2, 0) is 11.2 Å². The van der Waals surface area contributed by atoms with Crippen LogP contribution in [0.4, 0.5) is 4.79 Å². The van der Waals surface area contributed by atoms with Gasteiger partial charge in [0.2, 0.25) is 0 Å². The molecular formula is C18H26N4O2. The third-order valence-corrected chi connectivity index (χ3v) is 4.78. The zero-order valence-corrected chi connectivity index (χ0v) is 14.5. The fourth-order valence-electron chi connectivity index (χ4n) is 3.41. The van der Waals surface area contributed by atoms with Crippen LogP contribution in [0.2, 0.25) is 0 Å². The van der Waals surface area contributed by atoms with Crippen molar-refractivity contribution >= 4 is 12.1 Å². The van der Waals surface area contributed by atoms with Gasteiger partial charge < -0.3 is 19.9 Å². The molecule has 3 rings (SSSR count). The molecule has 0 spiro atoms. The molecule has 1 atom stereocenters. The van der Waals surface area contributed by atoms with Crippen molar-refractivity contribution in [1.29, 1.82) is 0 Å². The summed E-state index contributed by atoms with van der Waals surface area (Å²) < 4.78 is 5.06. The molecule has 6 nitrogen and oxygen atoms in total. The van der Waals surface area contributed by atoms with Crippen molar-refractivity contribution < 1.29 is 9.53 Å². The molecule has 130 valence electrons. The Labute approximate surface area is 143 Å². The molecule has 1 amide bonds. The number of fused-ring (bicyclic) bond motifs is 1. The van der Waals surface area contributed by atoms with E-state index in [1.54, 1.807) is 4.90 Å². The Hall–Kier alpha value is -2.24. The van der Waals surface area contributed by atoms with Crippen molar-refractivity contribution in [1.82, 2.24) is 15.1 Å². The molecule has 1 unspecified atom stereocenters. The van der Waals surface area contributed by atoms with E-state index in [9.17, 15) is 4.79 Å². The van der Waals surface area contributed by atoms with E-state index in [1.807, 2.05) is 14.0 Å². The minimum Gasteiger partial charge on any atom is -0.450 e. The van der Waals surface area contributed by atoms with Gasteiger partial charge in [-0.05, 0) is 24.5 Å². The van der Waals surface area contributed by atoms with Gasteiger partial charge >= 0.3 is 6.09 Å². The predicted molar refractivity (Wildman–Crippen MR) is 94.4 cm³/mol. The Bertz CT molecular complexity index is 609. The van der Waals surface area contributed by atoms with Crippen LogP contribution in [0, 0.1) is 0 Å². The summed E-state index contributed by atoms with van der Waals surface area (Å²) in [6, 6.07) is 8.63. The summed E-state index contributed by atoms with van der Waals surface area (Å²) in [4.78, 5) is 20.1. The molecular weight excluding hydrogens is 304 g/mol. The van der Waals surface area contributed by atoms with E-state index in [-0.39, 0.29) is 6.09 Å². The number of hydrogen-bond acceptors (Lipinski definition) is 3. The summed E-state index contributed by atoms with van der Waals surface area (Å²) in [6.45, 7) is 6.06. The molecule has 0 bridgehead atoms. The average molecular weight is 330 g/mol. The average Bonchev–Trinajstić information content (AvgIpc) is 2.59. The number of carbonyl (C=O) groups is 1. The van der Waals surface area contributed by atoms with Crippen molar-refractivity contribution in [3.63, 3.8) is 0 Å². The number of carbonyl (C=O) groups excluding carboxylic acids is 1. The molecule has 1 aromatic rings. The highest BCUT2D eigenvalue weighted by atomic mass is 16.6. The van der Waals surface area contributed by atoms with E-state index < -0.39 is 0 Å². The normalized spacial score (nSPS) is 20.2. The Kier molecular flexibility index (Phi) is 5.23. The van der Waals surface area contributed by atoms with Crippen LogP contribution < -0.4 is 5.32 Å². The van der Waals surface area contributed by atoms with Crippen molar-refractivity contribution in [3.05, 3.63) is 35.4 Å². The van der Waals surface area contributed by atoms with Crippen LogP contribution >= 0.6 is 0 Å². The van der Waals surface area contributed by atoms with E-state index >= 15 is 0 Å². The van der Waals surface area contributed by atoms with Gasteiger partial charge in [0.15, 0.2) is 5.96 Å². The Balaban J connectivity index is 1.47. The maximum atomic E-state index is 11.8. The molecule has 6 heteroatoms. The third kappa shape index (κ3) is 3.47. The second kappa shape index (κ2) is 7.55. The lowest BCUT2D eigenvalue weighted by Gasteiger charge is -2.37. The number of amides is 1. The van der Waals surface area contributed by atoms with Gasteiger partial charge in [-0.25, -0.2) is 4.79 Å². The van der Waals surface area contributed by atoms with Crippen LogP contribution in [0.3, 0.4) is 0 Å². The topological polar surface area (TPSA) is 57.2 Å². The number of benzene rings is 1. The highest BCUT2D eigenvalue weighted by molar-refractivity contribution is 5.80. The summed E-state index contributed by atoms with van der Waals surface area (Å²) in [7, 11) is 1.81. The van der Waals surface area contributed by atoms with Gasteiger partial charge in [-0.2, -0.15) is 0 Å². The molecule has 0 radical (unpaired) electrons. The minimum absolute atomic E-state index is 0.217. The van der Waals surface area contributed by atoms with Gasteiger partial charge in [0.25, 0.3) is 0 Å². The summed E-state index contributed by atoms with van der Waals surface area (Å²) in [5.41, 5.74) is 2.91. The minimum atomic E-state index is -0.217. The molecule has 1 N–H and O–H groups in total. The number of ether oxygens (including phenoxy) is 1. The summed E-state index contributed by atoms with van der Waals surface area (Å²) >= 11 is 0. The lowest BCUT2D eigenvalue weighted by Crippen LogP contribution is -2.54. The standard InChI is InChI=1S/C18H26N4O2/c1-3-24-18(23)22-10-8-21(9-11-22)17(19-2)20-13-15-12-14-6-4-5-7-16(14)15/h4-7,15H,3,8-13H2,1-2H3,(H,19,20). The molecule has 1 fully saturated rings. The SMILES string of the molecule is CCOC(=O)N1CCN(C(=NC)NCC2Cc3ccccc32)CC1. The maximum absolute atomic E-state index is 11.8. The zero-order chi connectivity index (χ0) is 16.9. The first-order chi connectivity index (χ1) is 11.7. The van der Waals surface area contributed by atoms with E-state index in [1.165, 1.54) is 11.1 Å². The number of hydrogen-bond donors (Lipinski definition) is 1. The van der Waals surface area contributed by atoms with Gasteiger partial charge in [0.1, 0.15) is 0 Å². The van der Waals surface area contributed by atoms with Crippen LogP contribution in [0.5, 0.6) is 0 Å². The summed E-state index contributed by atoms with van der Waals surface area (Å²) in [5, 5.41) is 3.49. The molecule has 2 aliphatic rings. The maximum Gasteiger partial charge on any atom is 0.409 e. The summed E-state index contributed by atoms with van der Waals surface area (Å²) in [6.07, 6.45) is 0.919. The van der Waals surface area contributed by atoms with Crippen molar-refractivity contribution in [2.24, 2.45) is 4.99 Å². The quantitative estimate of drug-likeness (QED) is 0.677. The fraction of sp³-hybridized carbons (Fsp3) is 0.556. The number of aliphatic imine (C=N–C) groups is 1. The van der Waals surface area contributed by atoms with Gasteiger partial charge in [-0.1, -0.05) is 24.3 Å². The van der Waals surface area contributed by atoms with Gasteiger partial charge in [-0.3, -0.25) is 4.99 Å². The fourth-order valence-corrected chi connectivity index (χ4v) is 3.41. The first-order valence-electron chi connectivity index (χ1n) is 8.68. The second-order valence-electron chi connectivity index (χ2n) is 6.20. The Morgan fingerprint density at radius 1 is 1.25 bits per heavy atom. The lowest BCUT2D eigenvalue weighted by atomic mass is 9.78. The van der Waals surface area contributed by atoms with Crippen molar-refractivity contribution in [2.45, 2.75) is 19.3 Å². The molecule has 1 aliphatic carbocycles. The van der Waals surface area contributed by atoms with E-state index in [2.05, 4.69) is 39.5 Å². The molecule has 1 saturated heterocycles. The third-order valence-electron chi connectivity index (χ3n) is 4.78. The zero-order valence-electron chi connectivity index (χ0n) is 14.5. The van der Waals surface area contributed by atoms with E-state index in [0.29, 0.717) is 25.6 Å². The van der Waals surface area contributed by atoms with Gasteiger partial charge in [-0.15, -0.1) is 0 Å². The van der Waals surface area contributed by atoms with E-state index in [0.717, 1.165) is 32.0 Å². The van der Waals surface area contributed by atoms with Crippen molar-refractivity contribution in [2.75, 3.05) is 46.4 Å². The largest absolute Gasteiger partial charge is 0.450 e. The van der Waals surface area contributed by atoms with Crippen LogP contribution in [0.15, 0.2) is 29.3 Å². The van der Waals surface area contributed by atoms with Crippen LogP contribution in [-0.4, -0.2) is 68.2 Å². The highest BCUT2D eigenvalue weighted by Gasteiger charge is 2.27.